The molecule has 1 unspecified atom stereocenters. The summed E-state index contributed by atoms with van der Waals surface area (Å²) in [7, 11) is 0. The van der Waals surface area contributed by atoms with Gasteiger partial charge in [0.25, 0.3) is 0 Å². The fourth-order valence-electron chi connectivity index (χ4n) is 4.38. The molecule has 0 saturated heterocycles. The topological polar surface area (TPSA) is 46.9 Å². The van der Waals surface area contributed by atoms with Crippen molar-refractivity contribution in [3.8, 4) is 0 Å². The fraction of sp³-hybridized carbons (Fsp3) is 0.565. The first-order valence-corrected chi connectivity index (χ1v) is 11.6. The normalized spacial score (nSPS) is 18.8. The third-order valence-electron chi connectivity index (χ3n) is 6.20. The molecule has 0 bridgehead atoms. The maximum Gasteiger partial charge on any atom is 0.230 e. The van der Waals surface area contributed by atoms with Crippen LogP contribution in [-0.2, 0) is 4.79 Å². The Kier molecular flexibility index (Phi) is 6.10. The molecule has 2 aliphatic rings. The number of aryl methyl sites for hydroxylation is 1. The molecule has 0 spiro atoms. The molecule has 4 rings (SSSR count). The van der Waals surface area contributed by atoms with E-state index in [0.717, 1.165) is 10.9 Å². The number of carbonyl (C=O) groups excluding carboxylic acids is 1. The van der Waals surface area contributed by atoms with Crippen molar-refractivity contribution in [1.29, 1.82) is 0 Å². The number of hydrogen-bond acceptors (Lipinski definition) is 3. The summed E-state index contributed by atoms with van der Waals surface area (Å²) < 4.78 is 2.40. The Morgan fingerprint density at radius 2 is 1.86 bits per heavy atom. The van der Waals surface area contributed by atoms with Gasteiger partial charge in [0, 0.05) is 11.7 Å². The lowest BCUT2D eigenvalue weighted by Crippen LogP contribution is -2.31. The van der Waals surface area contributed by atoms with Crippen LogP contribution >= 0.6 is 11.8 Å². The van der Waals surface area contributed by atoms with Crippen molar-refractivity contribution in [2.45, 2.75) is 76.0 Å². The van der Waals surface area contributed by atoms with Gasteiger partial charge >= 0.3 is 0 Å². The van der Waals surface area contributed by atoms with Crippen LogP contribution in [0.3, 0.4) is 0 Å². The second kappa shape index (κ2) is 8.73. The number of benzene rings is 1. The molecule has 2 fully saturated rings. The predicted molar refractivity (Wildman–Crippen MR) is 115 cm³/mol. The minimum absolute atomic E-state index is 0.110. The van der Waals surface area contributed by atoms with Gasteiger partial charge in [-0.25, -0.2) is 4.98 Å². The maximum atomic E-state index is 12.7. The number of nitrogens with zero attached hydrogens (tertiary/aromatic N) is 2. The van der Waals surface area contributed by atoms with Crippen molar-refractivity contribution in [2.75, 3.05) is 5.75 Å². The van der Waals surface area contributed by atoms with E-state index in [0.29, 0.717) is 17.7 Å². The first kappa shape index (κ1) is 19.6. The van der Waals surface area contributed by atoms with Gasteiger partial charge in [-0.3, -0.25) is 4.79 Å². The molecule has 0 radical (unpaired) electrons. The van der Waals surface area contributed by atoms with Gasteiger partial charge in [0.15, 0.2) is 5.16 Å². The van der Waals surface area contributed by atoms with Gasteiger partial charge in [0.1, 0.15) is 0 Å². The largest absolute Gasteiger partial charge is 0.348 e. The highest BCUT2D eigenvalue weighted by molar-refractivity contribution is 7.99. The van der Waals surface area contributed by atoms with Crippen LogP contribution in [0.1, 0.15) is 74.0 Å². The molecule has 0 aliphatic heterocycles. The monoisotopic (exact) mass is 397 g/mol. The van der Waals surface area contributed by atoms with Gasteiger partial charge in [0.2, 0.25) is 5.91 Å². The molecule has 1 amide bonds. The van der Waals surface area contributed by atoms with Gasteiger partial charge in [-0.2, -0.15) is 0 Å². The molecule has 28 heavy (non-hydrogen) atoms. The zero-order valence-electron chi connectivity index (χ0n) is 17.0. The zero-order chi connectivity index (χ0) is 19.5. The number of carbonyl (C=O) groups is 1. The van der Waals surface area contributed by atoms with Crippen molar-refractivity contribution >= 4 is 17.7 Å². The van der Waals surface area contributed by atoms with E-state index in [9.17, 15) is 4.79 Å². The number of nitrogens with one attached hydrogen (secondary N) is 1. The minimum Gasteiger partial charge on any atom is -0.348 e. The van der Waals surface area contributed by atoms with Crippen molar-refractivity contribution < 1.29 is 4.79 Å². The van der Waals surface area contributed by atoms with Gasteiger partial charge in [-0.1, -0.05) is 61.4 Å². The Balaban J connectivity index is 1.41. The Bertz CT molecular complexity index is 807. The number of aromatic nitrogens is 2. The summed E-state index contributed by atoms with van der Waals surface area (Å²) in [5, 5.41) is 4.30. The molecule has 5 heteroatoms. The minimum atomic E-state index is 0.110. The summed E-state index contributed by atoms with van der Waals surface area (Å²) in [5.41, 5.74) is 3.57. The molecular weight excluding hydrogens is 366 g/mol. The third-order valence-corrected chi connectivity index (χ3v) is 7.15. The van der Waals surface area contributed by atoms with Gasteiger partial charge in [0.05, 0.1) is 17.5 Å². The summed E-state index contributed by atoms with van der Waals surface area (Å²) in [6.07, 6.45) is 8.81. The molecule has 1 aromatic heterocycles. The van der Waals surface area contributed by atoms with Gasteiger partial charge in [-0.05, 0) is 51.0 Å². The fourth-order valence-corrected chi connectivity index (χ4v) is 5.35. The second-order valence-electron chi connectivity index (χ2n) is 8.31. The number of hydrogen-bond donors (Lipinski definition) is 1. The Morgan fingerprint density at radius 1 is 1.14 bits per heavy atom. The Morgan fingerprint density at radius 3 is 2.54 bits per heavy atom. The van der Waals surface area contributed by atoms with E-state index in [4.69, 9.17) is 4.98 Å². The first-order valence-electron chi connectivity index (χ1n) is 10.7. The molecular formula is C23H31N3OS. The smallest absolute Gasteiger partial charge is 0.230 e. The van der Waals surface area contributed by atoms with Gasteiger partial charge in [-0.15, -0.1) is 0 Å². The molecule has 2 aliphatic carbocycles. The summed E-state index contributed by atoms with van der Waals surface area (Å²) in [6, 6.07) is 11.1. The van der Waals surface area contributed by atoms with E-state index in [1.807, 2.05) is 6.07 Å². The molecule has 1 aromatic carbocycles. The van der Waals surface area contributed by atoms with E-state index in [1.54, 1.807) is 11.8 Å². The van der Waals surface area contributed by atoms with Crippen molar-refractivity contribution in [2.24, 2.45) is 5.92 Å². The lowest BCUT2D eigenvalue weighted by molar-refractivity contribution is -0.119. The zero-order valence-corrected chi connectivity index (χ0v) is 17.8. The highest BCUT2D eigenvalue weighted by atomic mass is 32.2. The Labute approximate surface area is 172 Å². The van der Waals surface area contributed by atoms with E-state index >= 15 is 0 Å². The van der Waals surface area contributed by atoms with Crippen LogP contribution in [0, 0.1) is 19.8 Å². The molecule has 150 valence electrons. The number of imidazole rings is 1. The third kappa shape index (κ3) is 4.45. The van der Waals surface area contributed by atoms with Crippen LogP contribution in [0.4, 0.5) is 0 Å². The summed E-state index contributed by atoms with van der Waals surface area (Å²) in [4.78, 5) is 17.5. The van der Waals surface area contributed by atoms with Crippen LogP contribution in [0.15, 0.2) is 35.5 Å². The molecule has 4 nitrogen and oxygen atoms in total. The van der Waals surface area contributed by atoms with Gasteiger partial charge < -0.3 is 9.88 Å². The molecule has 1 heterocycles. The number of amides is 1. The highest BCUT2D eigenvalue weighted by Crippen LogP contribution is 2.41. The summed E-state index contributed by atoms with van der Waals surface area (Å²) in [5.74, 6) is 1.13. The molecule has 2 aromatic rings. The SMILES string of the molecule is Cc1nc(SCC(=O)NC(c2ccccc2)C2CC2)n(C2CCCCC2)c1C. The van der Waals surface area contributed by atoms with E-state index in [-0.39, 0.29) is 11.9 Å². The summed E-state index contributed by atoms with van der Waals surface area (Å²) >= 11 is 1.59. The van der Waals surface area contributed by atoms with E-state index < -0.39 is 0 Å². The first-order chi connectivity index (χ1) is 13.6. The molecule has 1 atom stereocenters. The number of rotatable bonds is 7. The predicted octanol–water partition coefficient (Wildman–Crippen LogP) is 5.36. The van der Waals surface area contributed by atoms with E-state index in [1.165, 1.54) is 56.2 Å². The number of thioether (sulfide) groups is 1. The quantitative estimate of drug-likeness (QED) is 0.639. The lowest BCUT2D eigenvalue weighted by atomic mass is 9.95. The maximum absolute atomic E-state index is 12.7. The standard InChI is InChI=1S/C23H31N3OS/c1-16-17(2)26(20-11-7-4-8-12-20)23(24-16)28-15-21(27)25-22(19-13-14-19)18-9-5-3-6-10-18/h3,5-6,9-10,19-20,22H,4,7-8,11-15H2,1-2H3,(H,25,27). The molecule has 2 saturated carbocycles. The molecule has 1 N–H and O–H groups in total. The average molecular weight is 398 g/mol. The highest BCUT2D eigenvalue weighted by Gasteiger charge is 2.33. The van der Waals surface area contributed by atoms with Crippen molar-refractivity contribution in [3.05, 3.63) is 47.3 Å². The van der Waals surface area contributed by atoms with Crippen LogP contribution in [0.25, 0.3) is 0 Å². The average Bonchev–Trinajstić information content (AvgIpc) is 3.52. The Hall–Kier alpha value is -1.75. The van der Waals surface area contributed by atoms with Crippen molar-refractivity contribution in [3.63, 3.8) is 0 Å². The van der Waals surface area contributed by atoms with Crippen LogP contribution in [0.2, 0.25) is 0 Å². The van der Waals surface area contributed by atoms with Crippen LogP contribution < -0.4 is 5.32 Å². The van der Waals surface area contributed by atoms with Crippen molar-refractivity contribution in [1.82, 2.24) is 14.9 Å². The van der Waals surface area contributed by atoms with Crippen LogP contribution in [0.5, 0.6) is 0 Å². The lowest BCUT2D eigenvalue weighted by Gasteiger charge is -2.26. The van der Waals surface area contributed by atoms with E-state index in [2.05, 4.69) is 48.0 Å². The second-order valence-corrected chi connectivity index (χ2v) is 9.25. The summed E-state index contributed by atoms with van der Waals surface area (Å²) in [6.45, 7) is 4.25. The van der Waals surface area contributed by atoms with Crippen LogP contribution in [-0.4, -0.2) is 21.2 Å².